The van der Waals surface area contributed by atoms with Gasteiger partial charge in [-0.15, -0.1) is 11.3 Å². The average molecular weight is 401 g/mol. The van der Waals surface area contributed by atoms with E-state index in [4.69, 9.17) is 4.74 Å². The molecular formula is C21H24N2O4S. The summed E-state index contributed by atoms with van der Waals surface area (Å²) in [5.74, 6) is 0.544. The van der Waals surface area contributed by atoms with E-state index in [0.717, 1.165) is 9.75 Å². The summed E-state index contributed by atoms with van der Waals surface area (Å²) in [7, 11) is 1.55. The lowest BCUT2D eigenvalue weighted by Gasteiger charge is -2.27. The number of carbonyl (C=O) groups excluding carboxylic acids is 2. The van der Waals surface area contributed by atoms with Crippen LogP contribution >= 0.6 is 11.3 Å². The monoisotopic (exact) mass is 400 g/mol. The zero-order valence-corrected chi connectivity index (χ0v) is 16.9. The summed E-state index contributed by atoms with van der Waals surface area (Å²) in [6.45, 7) is 3.95. The van der Waals surface area contributed by atoms with Crippen LogP contribution in [-0.2, 0) is 0 Å². The molecule has 0 saturated carbocycles. The number of hydrogen-bond donors (Lipinski definition) is 1. The predicted molar refractivity (Wildman–Crippen MR) is 107 cm³/mol. The Morgan fingerprint density at radius 1 is 1.14 bits per heavy atom. The Balaban J connectivity index is 1.51. The van der Waals surface area contributed by atoms with Crippen LogP contribution in [0.5, 0.6) is 5.75 Å². The number of amides is 2. The van der Waals surface area contributed by atoms with E-state index in [1.807, 2.05) is 36.1 Å². The number of rotatable bonds is 4. The SMILES string of the molecule is COc1ccccc1C(=O)N1CC2CN(C(=O)c3ccc(C)s3)CC2(CO)C1. The number of hydrogen-bond acceptors (Lipinski definition) is 5. The van der Waals surface area contributed by atoms with Gasteiger partial charge < -0.3 is 19.6 Å². The number of ether oxygens (including phenoxy) is 1. The summed E-state index contributed by atoms with van der Waals surface area (Å²) in [5, 5.41) is 10.2. The minimum absolute atomic E-state index is 0.0166. The van der Waals surface area contributed by atoms with Crippen LogP contribution in [0.4, 0.5) is 0 Å². The van der Waals surface area contributed by atoms with Gasteiger partial charge in [0, 0.05) is 42.4 Å². The number of fused-ring (bicyclic) bond motifs is 1. The number of thiophene rings is 1. The van der Waals surface area contributed by atoms with Crippen LogP contribution < -0.4 is 4.74 Å². The van der Waals surface area contributed by atoms with Crippen molar-refractivity contribution in [1.29, 1.82) is 0 Å². The Hall–Kier alpha value is -2.38. The van der Waals surface area contributed by atoms with Crippen LogP contribution in [0.15, 0.2) is 36.4 Å². The quantitative estimate of drug-likeness (QED) is 0.855. The summed E-state index contributed by atoms with van der Waals surface area (Å²) in [5.41, 5.74) is 0.0691. The zero-order chi connectivity index (χ0) is 19.9. The van der Waals surface area contributed by atoms with E-state index in [1.54, 1.807) is 24.1 Å². The number of carbonyl (C=O) groups is 2. The first-order valence-corrected chi connectivity index (χ1v) is 10.2. The molecule has 0 aliphatic carbocycles. The number of benzene rings is 1. The van der Waals surface area contributed by atoms with Gasteiger partial charge in [0.2, 0.25) is 0 Å². The van der Waals surface area contributed by atoms with Crippen LogP contribution in [0.25, 0.3) is 0 Å². The van der Waals surface area contributed by atoms with Gasteiger partial charge in [-0.3, -0.25) is 9.59 Å². The standard InChI is InChI=1S/C21H24N2O4S/c1-14-7-8-18(28-14)20(26)23-10-15-9-22(11-21(15,12-23)13-24)19(25)16-5-3-4-6-17(16)27-2/h3-8,15,24H,9-13H2,1-2H3. The summed E-state index contributed by atoms with van der Waals surface area (Å²) in [6.07, 6.45) is 0. The molecule has 1 aromatic heterocycles. The van der Waals surface area contributed by atoms with Crippen LogP contribution in [0.2, 0.25) is 0 Å². The van der Waals surface area contributed by atoms with Gasteiger partial charge in [0.25, 0.3) is 11.8 Å². The van der Waals surface area contributed by atoms with Gasteiger partial charge in [-0.25, -0.2) is 0 Å². The fourth-order valence-corrected chi connectivity index (χ4v) is 5.25. The topological polar surface area (TPSA) is 70.1 Å². The van der Waals surface area contributed by atoms with Crippen LogP contribution in [0, 0.1) is 18.3 Å². The lowest BCUT2D eigenvalue weighted by molar-refractivity contribution is 0.0667. The van der Waals surface area contributed by atoms with Gasteiger partial charge in [-0.1, -0.05) is 12.1 Å². The molecule has 0 bridgehead atoms. The maximum atomic E-state index is 13.0. The fourth-order valence-electron chi connectivity index (χ4n) is 4.41. The van der Waals surface area contributed by atoms with E-state index in [0.29, 0.717) is 37.5 Å². The first-order valence-electron chi connectivity index (χ1n) is 9.36. The maximum Gasteiger partial charge on any atom is 0.263 e. The van der Waals surface area contributed by atoms with Gasteiger partial charge in [-0.2, -0.15) is 0 Å². The van der Waals surface area contributed by atoms with Crippen molar-refractivity contribution in [2.45, 2.75) is 6.92 Å². The highest BCUT2D eigenvalue weighted by molar-refractivity contribution is 7.13. The van der Waals surface area contributed by atoms with Crippen molar-refractivity contribution in [1.82, 2.24) is 9.80 Å². The molecule has 2 amide bonds. The number of aliphatic hydroxyl groups excluding tert-OH is 1. The summed E-state index contributed by atoms with van der Waals surface area (Å²) in [4.78, 5) is 31.3. The highest BCUT2D eigenvalue weighted by Crippen LogP contribution is 2.43. The number of para-hydroxylation sites is 1. The van der Waals surface area contributed by atoms with Crippen molar-refractivity contribution in [3.8, 4) is 5.75 Å². The number of nitrogens with zero attached hydrogens (tertiary/aromatic N) is 2. The lowest BCUT2D eigenvalue weighted by atomic mass is 9.82. The third kappa shape index (κ3) is 3.08. The van der Waals surface area contributed by atoms with E-state index in [1.165, 1.54) is 11.3 Å². The molecule has 1 N–H and O–H groups in total. The van der Waals surface area contributed by atoms with Gasteiger partial charge >= 0.3 is 0 Å². The molecule has 7 heteroatoms. The molecule has 2 atom stereocenters. The number of aryl methyl sites for hydroxylation is 1. The van der Waals surface area contributed by atoms with Crippen molar-refractivity contribution in [2.75, 3.05) is 39.9 Å². The molecule has 0 spiro atoms. The Morgan fingerprint density at radius 3 is 2.39 bits per heavy atom. The van der Waals surface area contributed by atoms with E-state index >= 15 is 0 Å². The molecule has 4 rings (SSSR count). The minimum Gasteiger partial charge on any atom is -0.496 e. The molecule has 2 aliphatic heterocycles. The highest BCUT2D eigenvalue weighted by atomic mass is 32.1. The Bertz CT molecular complexity index is 911. The Morgan fingerprint density at radius 2 is 1.82 bits per heavy atom. The van der Waals surface area contributed by atoms with Gasteiger partial charge in [0.15, 0.2) is 0 Å². The van der Waals surface area contributed by atoms with Gasteiger partial charge in [0.1, 0.15) is 5.75 Å². The third-order valence-electron chi connectivity index (χ3n) is 5.94. The number of likely N-dealkylation sites (tertiary alicyclic amines) is 2. The fraction of sp³-hybridized carbons (Fsp3) is 0.429. The predicted octanol–water partition coefficient (Wildman–Crippen LogP) is 2.27. The summed E-state index contributed by atoms with van der Waals surface area (Å²) in [6, 6.07) is 11.0. The molecule has 2 aliphatic rings. The Kier molecular flexibility index (Phi) is 4.89. The molecule has 1 aromatic carbocycles. The van der Waals surface area contributed by atoms with E-state index in [2.05, 4.69) is 0 Å². The number of aliphatic hydroxyl groups is 1. The normalized spacial score (nSPS) is 23.8. The highest BCUT2D eigenvalue weighted by Gasteiger charge is 2.54. The van der Waals surface area contributed by atoms with Crippen LogP contribution in [-0.4, -0.2) is 66.6 Å². The van der Waals surface area contributed by atoms with E-state index < -0.39 is 5.41 Å². The molecule has 6 nitrogen and oxygen atoms in total. The molecular weight excluding hydrogens is 376 g/mol. The maximum absolute atomic E-state index is 13.0. The molecule has 2 aromatic rings. The van der Waals surface area contributed by atoms with E-state index in [9.17, 15) is 14.7 Å². The molecule has 2 saturated heterocycles. The minimum atomic E-state index is -0.459. The van der Waals surface area contributed by atoms with Crippen molar-refractivity contribution in [2.24, 2.45) is 11.3 Å². The second kappa shape index (κ2) is 7.22. The van der Waals surface area contributed by atoms with Crippen molar-refractivity contribution < 1.29 is 19.4 Å². The summed E-state index contributed by atoms with van der Waals surface area (Å²) >= 11 is 1.49. The second-order valence-electron chi connectivity index (χ2n) is 7.70. The molecule has 2 unspecified atom stereocenters. The number of methoxy groups -OCH3 is 1. The van der Waals surface area contributed by atoms with Crippen LogP contribution in [0.3, 0.4) is 0 Å². The largest absolute Gasteiger partial charge is 0.496 e. The van der Waals surface area contributed by atoms with E-state index in [-0.39, 0.29) is 24.3 Å². The zero-order valence-electron chi connectivity index (χ0n) is 16.1. The van der Waals surface area contributed by atoms with Crippen LogP contribution in [0.1, 0.15) is 24.9 Å². The first-order chi connectivity index (χ1) is 13.5. The first kappa shape index (κ1) is 19.0. The second-order valence-corrected chi connectivity index (χ2v) is 8.99. The van der Waals surface area contributed by atoms with Crippen molar-refractivity contribution in [3.63, 3.8) is 0 Å². The third-order valence-corrected chi connectivity index (χ3v) is 6.93. The lowest BCUT2D eigenvalue weighted by Crippen LogP contribution is -2.40. The Labute approximate surface area is 168 Å². The molecule has 148 valence electrons. The molecule has 28 heavy (non-hydrogen) atoms. The molecule has 3 heterocycles. The molecule has 2 fully saturated rings. The summed E-state index contributed by atoms with van der Waals surface area (Å²) < 4.78 is 5.32. The smallest absolute Gasteiger partial charge is 0.263 e. The molecule has 0 radical (unpaired) electrons. The van der Waals surface area contributed by atoms with Gasteiger partial charge in [0.05, 0.1) is 24.2 Å². The average Bonchev–Trinajstić information content (AvgIpc) is 3.39. The van der Waals surface area contributed by atoms with Crippen molar-refractivity contribution >= 4 is 23.2 Å². The van der Waals surface area contributed by atoms with Gasteiger partial charge in [-0.05, 0) is 31.2 Å². The van der Waals surface area contributed by atoms with Crippen molar-refractivity contribution in [3.05, 3.63) is 51.7 Å².